The minimum absolute atomic E-state index is 0.0149. The van der Waals surface area contributed by atoms with Gasteiger partial charge in [-0.05, 0) is 24.3 Å². The SMILES string of the molecule is CC.CC.CC.CC.CC(=O)c1ccccc1.CCSCc1ccccc1NC(C)=O. The summed E-state index contributed by atoms with van der Waals surface area (Å²) < 4.78 is 0. The van der Waals surface area contributed by atoms with Crippen LogP contribution in [0.1, 0.15) is 92.1 Å². The third-order valence-electron chi connectivity index (χ3n) is 2.97. The second-order valence-corrected chi connectivity index (χ2v) is 6.17. The summed E-state index contributed by atoms with van der Waals surface area (Å²) in [4.78, 5) is 21.6. The summed E-state index contributed by atoms with van der Waals surface area (Å²) in [5, 5.41) is 2.83. The lowest BCUT2D eigenvalue weighted by Crippen LogP contribution is -2.07. The van der Waals surface area contributed by atoms with E-state index in [1.165, 1.54) is 12.5 Å². The van der Waals surface area contributed by atoms with Gasteiger partial charge in [-0.25, -0.2) is 0 Å². The van der Waals surface area contributed by atoms with Crippen molar-refractivity contribution >= 4 is 29.1 Å². The third kappa shape index (κ3) is 22.4. The van der Waals surface area contributed by atoms with Gasteiger partial charge in [-0.3, -0.25) is 9.59 Å². The van der Waals surface area contributed by atoms with Crippen LogP contribution < -0.4 is 5.32 Å². The normalized spacial score (nSPS) is 7.84. The predicted molar refractivity (Wildman–Crippen MR) is 144 cm³/mol. The molecule has 0 bridgehead atoms. The summed E-state index contributed by atoms with van der Waals surface area (Å²) in [6.07, 6.45) is 0. The molecule has 2 aromatic rings. The fourth-order valence-corrected chi connectivity index (χ4v) is 2.52. The standard InChI is InChI=1S/C11H15NOS.C8H8O.4C2H6/c1-3-14-8-10-6-4-5-7-11(10)12-9(2)13;1-7(9)8-5-3-2-4-6-8;4*1-2/h4-7H,3,8H2,1-2H3,(H,12,13);2-6H,1H3;4*1-2H3. The van der Waals surface area contributed by atoms with Gasteiger partial charge in [-0.2, -0.15) is 11.8 Å². The molecule has 0 aliphatic carbocycles. The first kappa shape index (κ1) is 36.3. The highest BCUT2D eigenvalue weighted by atomic mass is 32.2. The maximum Gasteiger partial charge on any atom is 0.221 e. The number of anilines is 1. The van der Waals surface area contributed by atoms with Crippen molar-refractivity contribution in [3.05, 3.63) is 65.7 Å². The van der Waals surface area contributed by atoms with Crippen molar-refractivity contribution in [2.24, 2.45) is 0 Å². The van der Waals surface area contributed by atoms with Crippen molar-refractivity contribution in [3.63, 3.8) is 0 Å². The van der Waals surface area contributed by atoms with Gasteiger partial charge in [0.25, 0.3) is 0 Å². The number of carbonyl (C=O) groups is 2. The molecule has 0 atom stereocenters. The van der Waals surface area contributed by atoms with Crippen LogP contribution in [0.5, 0.6) is 0 Å². The molecule has 2 rings (SSSR count). The number of benzene rings is 2. The molecule has 1 amide bonds. The molecule has 0 radical (unpaired) electrons. The molecule has 0 saturated carbocycles. The molecule has 2 aromatic carbocycles. The molecule has 0 saturated heterocycles. The Hall–Kier alpha value is -2.07. The topological polar surface area (TPSA) is 46.2 Å². The van der Waals surface area contributed by atoms with Gasteiger partial charge >= 0.3 is 0 Å². The van der Waals surface area contributed by atoms with Crippen LogP contribution in [-0.2, 0) is 10.5 Å². The van der Waals surface area contributed by atoms with Crippen LogP contribution in [0.4, 0.5) is 5.69 Å². The highest BCUT2D eigenvalue weighted by Gasteiger charge is 2.02. The van der Waals surface area contributed by atoms with E-state index in [2.05, 4.69) is 12.2 Å². The monoisotopic (exact) mass is 449 g/mol. The molecule has 0 aliphatic heterocycles. The molecular weight excluding hydrogens is 402 g/mol. The van der Waals surface area contributed by atoms with E-state index in [0.717, 1.165) is 22.8 Å². The van der Waals surface area contributed by atoms with E-state index in [-0.39, 0.29) is 11.7 Å². The molecule has 0 fully saturated rings. The molecule has 1 N–H and O–H groups in total. The zero-order valence-corrected chi connectivity index (χ0v) is 22.7. The zero-order valence-electron chi connectivity index (χ0n) is 21.8. The van der Waals surface area contributed by atoms with E-state index in [4.69, 9.17) is 0 Å². The average molecular weight is 450 g/mol. The second kappa shape index (κ2) is 30.1. The maximum absolute atomic E-state index is 10.9. The molecule has 0 spiro atoms. The first-order valence-corrected chi connectivity index (χ1v) is 12.7. The minimum atomic E-state index is -0.0149. The quantitative estimate of drug-likeness (QED) is 0.463. The van der Waals surface area contributed by atoms with Crippen LogP contribution in [0.2, 0.25) is 0 Å². The number of ketones is 1. The summed E-state index contributed by atoms with van der Waals surface area (Å²) in [5.41, 5.74) is 2.90. The molecular formula is C27H47NO2S. The van der Waals surface area contributed by atoms with E-state index < -0.39 is 0 Å². The number of hydrogen-bond acceptors (Lipinski definition) is 3. The van der Waals surface area contributed by atoms with Crippen LogP contribution >= 0.6 is 11.8 Å². The Balaban J connectivity index is -0.000000185. The number of amides is 1. The number of carbonyl (C=O) groups excluding carboxylic acids is 2. The smallest absolute Gasteiger partial charge is 0.221 e. The molecule has 0 heterocycles. The van der Waals surface area contributed by atoms with E-state index >= 15 is 0 Å². The van der Waals surface area contributed by atoms with Gasteiger partial charge in [0.1, 0.15) is 0 Å². The minimum Gasteiger partial charge on any atom is -0.326 e. The number of nitrogens with one attached hydrogen (secondary N) is 1. The lowest BCUT2D eigenvalue weighted by molar-refractivity contribution is -0.114. The Morgan fingerprint density at radius 1 is 0.742 bits per heavy atom. The van der Waals surface area contributed by atoms with Gasteiger partial charge in [-0.1, -0.05) is 111 Å². The van der Waals surface area contributed by atoms with E-state index in [1.54, 1.807) is 6.92 Å². The molecule has 4 heteroatoms. The summed E-state index contributed by atoms with van der Waals surface area (Å²) in [5.74, 6) is 2.15. The van der Waals surface area contributed by atoms with Crippen molar-refractivity contribution < 1.29 is 9.59 Å². The van der Waals surface area contributed by atoms with Crippen molar-refractivity contribution in [1.29, 1.82) is 0 Å². The molecule has 3 nitrogen and oxygen atoms in total. The summed E-state index contributed by atoms with van der Waals surface area (Å²) in [6, 6.07) is 17.1. The largest absolute Gasteiger partial charge is 0.326 e. The molecule has 178 valence electrons. The predicted octanol–water partition coefficient (Wildman–Crippen LogP) is 8.89. The lowest BCUT2D eigenvalue weighted by atomic mass is 10.2. The van der Waals surface area contributed by atoms with Gasteiger partial charge in [0.2, 0.25) is 5.91 Å². The Kier molecular flexibility index (Phi) is 35.3. The first-order valence-electron chi connectivity index (χ1n) is 11.5. The van der Waals surface area contributed by atoms with Crippen LogP contribution in [0, 0.1) is 0 Å². The van der Waals surface area contributed by atoms with Crippen molar-refractivity contribution in [2.75, 3.05) is 11.1 Å². The highest BCUT2D eigenvalue weighted by molar-refractivity contribution is 7.98. The average Bonchev–Trinajstić information content (AvgIpc) is 2.84. The second-order valence-electron chi connectivity index (χ2n) is 4.90. The highest BCUT2D eigenvalue weighted by Crippen LogP contribution is 2.20. The number of hydrogen-bond donors (Lipinski definition) is 1. The van der Waals surface area contributed by atoms with E-state index in [9.17, 15) is 9.59 Å². The summed E-state index contributed by atoms with van der Waals surface area (Å²) in [7, 11) is 0. The van der Waals surface area contributed by atoms with Crippen molar-refractivity contribution in [3.8, 4) is 0 Å². The Bertz CT molecular complexity index is 628. The molecule has 0 aliphatic rings. The Morgan fingerprint density at radius 3 is 1.58 bits per heavy atom. The Morgan fingerprint density at radius 2 is 1.19 bits per heavy atom. The number of para-hydroxylation sites is 1. The third-order valence-corrected chi connectivity index (χ3v) is 3.89. The molecule has 0 aromatic heterocycles. The fourth-order valence-electron chi connectivity index (χ4n) is 1.84. The van der Waals surface area contributed by atoms with Gasteiger partial charge in [0, 0.05) is 23.9 Å². The van der Waals surface area contributed by atoms with Crippen molar-refractivity contribution in [2.45, 2.75) is 81.9 Å². The maximum atomic E-state index is 10.9. The van der Waals surface area contributed by atoms with Crippen molar-refractivity contribution in [1.82, 2.24) is 0 Å². The zero-order chi connectivity index (χ0) is 25.1. The number of rotatable bonds is 5. The van der Waals surface area contributed by atoms with Crippen LogP contribution in [0.15, 0.2) is 54.6 Å². The van der Waals surface area contributed by atoms with Crippen LogP contribution in [0.3, 0.4) is 0 Å². The number of thioether (sulfide) groups is 1. The van der Waals surface area contributed by atoms with E-state index in [0.29, 0.717) is 0 Å². The molecule has 0 unspecified atom stereocenters. The van der Waals surface area contributed by atoms with Gasteiger partial charge in [0.05, 0.1) is 0 Å². The van der Waals surface area contributed by atoms with Gasteiger partial charge in [0.15, 0.2) is 5.78 Å². The number of Topliss-reactive ketones (excluding diaryl/α,β-unsaturated/α-hetero) is 1. The van der Waals surface area contributed by atoms with Gasteiger partial charge in [-0.15, -0.1) is 0 Å². The van der Waals surface area contributed by atoms with Gasteiger partial charge < -0.3 is 5.32 Å². The Labute approximate surface area is 197 Å². The van der Waals surface area contributed by atoms with E-state index in [1.807, 2.05) is 122 Å². The summed E-state index contributed by atoms with van der Waals surface area (Å²) >= 11 is 1.85. The molecule has 31 heavy (non-hydrogen) atoms. The first-order chi connectivity index (χ1) is 15.0. The summed E-state index contributed by atoms with van der Waals surface area (Å²) in [6.45, 7) is 21.2. The fraction of sp³-hybridized carbons (Fsp3) is 0.481. The van der Waals surface area contributed by atoms with Crippen LogP contribution in [0.25, 0.3) is 0 Å². The van der Waals surface area contributed by atoms with Crippen LogP contribution in [-0.4, -0.2) is 17.4 Å². The lowest BCUT2D eigenvalue weighted by Gasteiger charge is -2.08.